The number of fused-ring (bicyclic) bond motifs is 1. The number of hydrogen-bond acceptors (Lipinski definition) is 2. The number of halogens is 3. The van der Waals surface area contributed by atoms with Crippen LogP contribution in [0.15, 0.2) is 36.4 Å². The van der Waals surface area contributed by atoms with Crippen molar-refractivity contribution in [1.82, 2.24) is 0 Å². The van der Waals surface area contributed by atoms with E-state index in [1.54, 1.807) is 0 Å². The van der Waals surface area contributed by atoms with Gasteiger partial charge in [-0.05, 0) is 6.07 Å². The first kappa shape index (κ1) is 12.8. The van der Waals surface area contributed by atoms with Crippen molar-refractivity contribution >= 4 is 5.69 Å². The van der Waals surface area contributed by atoms with Crippen LogP contribution in [-0.2, 0) is 0 Å². The molecule has 2 nitrogen and oxygen atoms in total. The van der Waals surface area contributed by atoms with Gasteiger partial charge in [-0.15, -0.1) is 0 Å². The molecule has 0 fully saturated rings. The monoisotopic (exact) mass is 279 g/mol. The lowest BCUT2D eigenvalue weighted by atomic mass is 10.0. The Morgan fingerprint density at radius 1 is 1.10 bits per heavy atom. The number of nitrogens with one attached hydrogen (secondary N) is 1. The van der Waals surface area contributed by atoms with E-state index in [1.165, 1.54) is 0 Å². The molecule has 1 heterocycles. The zero-order valence-electron chi connectivity index (χ0n) is 10.5. The minimum atomic E-state index is -1.20. The van der Waals surface area contributed by atoms with Crippen molar-refractivity contribution in [3.05, 3.63) is 59.4 Å². The molecule has 0 radical (unpaired) electrons. The predicted octanol–water partition coefficient (Wildman–Crippen LogP) is 4.04. The molecule has 1 aliphatic rings. The third kappa shape index (κ3) is 2.31. The number of anilines is 1. The van der Waals surface area contributed by atoms with Crippen molar-refractivity contribution in [2.45, 2.75) is 12.5 Å². The normalized spacial score (nSPS) is 17.2. The van der Waals surface area contributed by atoms with Crippen LogP contribution in [-0.4, -0.2) is 6.61 Å². The van der Waals surface area contributed by atoms with Gasteiger partial charge in [-0.2, -0.15) is 0 Å². The van der Waals surface area contributed by atoms with Crippen LogP contribution in [0.25, 0.3) is 0 Å². The van der Waals surface area contributed by atoms with Gasteiger partial charge in [-0.25, -0.2) is 13.2 Å². The third-order valence-corrected chi connectivity index (χ3v) is 3.28. The molecule has 1 unspecified atom stereocenters. The maximum atomic E-state index is 13.7. The van der Waals surface area contributed by atoms with E-state index in [9.17, 15) is 13.2 Å². The summed E-state index contributed by atoms with van der Waals surface area (Å²) in [5.74, 6) is -2.39. The average molecular weight is 279 g/mol. The molecule has 1 atom stereocenters. The second-order valence-corrected chi connectivity index (χ2v) is 4.62. The molecule has 3 rings (SSSR count). The van der Waals surface area contributed by atoms with Gasteiger partial charge in [0, 0.05) is 24.1 Å². The predicted molar refractivity (Wildman–Crippen MR) is 69.2 cm³/mol. The van der Waals surface area contributed by atoms with Gasteiger partial charge < -0.3 is 10.1 Å². The van der Waals surface area contributed by atoms with Crippen molar-refractivity contribution in [3.8, 4) is 5.75 Å². The molecular weight excluding hydrogens is 267 g/mol. The van der Waals surface area contributed by atoms with Gasteiger partial charge in [0.2, 0.25) is 0 Å². The second-order valence-electron chi connectivity index (χ2n) is 4.62. The highest BCUT2D eigenvalue weighted by atomic mass is 19.2. The van der Waals surface area contributed by atoms with Crippen LogP contribution in [0, 0.1) is 17.5 Å². The Kier molecular flexibility index (Phi) is 3.26. The highest BCUT2D eigenvalue weighted by molar-refractivity contribution is 5.50. The third-order valence-electron chi connectivity index (χ3n) is 3.28. The number of hydrogen-bond donors (Lipinski definition) is 1. The maximum absolute atomic E-state index is 13.7. The number of para-hydroxylation sites is 1. The Morgan fingerprint density at radius 2 is 1.90 bits per heavy atom. The van der Waals surface area contributed by atoms with Gasteiger partial charge in [-0.3, -0.25) is 0 Å². The largest absolute Gasteiger partial charge is 0.493 e. The van der Waals surface area contributed by atoms with Crippen molar-refractivity contribution in [2.24, 2.45) is 0 Å². The molecule has 0 saturated carbocycles. The zero-order chi connectivity index (χ0) is 14.1. The smallest absolute Gasteiger partial charge is 0.182 e. The molecule has 0 aliphatic carbocycles. The quantitative estimate of drug-likeness (QED) is 0.838. The molecule has 0 amide bonds. The lowest BCUT2D eigenvalue weighted by Crippen LogP contribution is -2.21. The fourth-order valence-corrected chi connectivity index (χ4v) is 2.34. The van der Waals surface area contributed by atoms with E-state index < -0.39 is 17.5 Å². The Hall–Kier alpha value is -2.17. The standard InChI is InChI=1S/C15H12F3NO/c16-9-7-11(17)15(18)13(8-9)19-12-5-6-20-14-4-2-1-3-10(12)14/h1-4,7-8,12,19H,5-6H2. The summed E-state index contributed by atoms with van der Waals surface area (Å²) in [5.41, 5.74) is 0.673. The summed E-state index contributed by atoms with van der Waals surface area (Å²) < 4.78 is 45.6. The molecular formula is C15H12F3NO. The second kappa shape index (κ2) is 5.07. The molecule has 1 aliphatic heterocycles. The Morgan fingerprint density at radius 3 is 2.75 bits per heavy atom. The summed E-state index contributed by atoms with van der Waals surface area (Å²) in [4.78, 5) is 0. The van der Waals surface area contributed by atoms with Crippen molar-refractivity contribution in [3.63, 3.8) is 0 Å². The topological polar surface area (TPSA) is 21.3 Å². The highest BCUT2D eigenvalue weighted by Crippen LogP contribution is 2.34. The molecule has 1 N–H and O–H groups in total. The number of ether oxygens (including phenoxy) is 1. The zero-order valence-corrected chi connectivity index (χ0v) is 10.5. The first-order chi connectivity index (χ1) is 9.65. The molecule has 20 heavy (non-hydrogen) atoms. The van der Waals surface area contributed by atoms with Gasteiger partial charge in [-0.1, -0.05) is 18.2 Å². The first-order valence-corrected chi connectivity index (χ1v) is 6.28. The van der Waals surface area contributed by atoms with E-state index in [2.05, 4.69) is 5.32 Å². The number of rotatable bonds is 2. The Labute approximate surface area is 114 Å². The van der Waals surface area contributed by atoms with E-state index in [4.69, 9.17) is 4.74 Å². The van der Waals surface area contributed by atoms with Gasteiger partial charge >= 0.3 is 0 Å². The molecule has 0 spiro atoms. The minimum absolute atomic E-state index is 0.177. The van der Waals surface area contributed by atoms with Crippen LogP contribution in [0.1, 0.15) is 18.0 Å². The van der Waals surface area contributed by atoms with Crippen LogP contribution in [0.5, 0.6) is 5.75 Å². The van der Waals surface area contributed by atoms with E-state index in [0.29, 0.717) is 24.8 Å². The Bertz CT molecular complexity index is 645. The first-order valence-electron chi connectivity index (χ1n) is 6.28. The summed E-state index contributed by atoms with van der Waals surface area (Å²) in [5, 5.41) is 2.85. The fraction of sp³-hybridized carbons (Fsp3) is 0.200. The summed E-state index contributed by atoms with van der Waals surface area (Å²) >= 11 is 0. The van der Waals surface area contributed by atoms with Gasteiger partial charge in [0.1, 0.15) is 11.6 Å². The number of benzene rings is 2. The summed E-state index contributed by atoms with van der Waals surface area (Å²) in [6.07, 6.45) is 0.592. The molecule has 5 heteroatoms. The van der Waals surface area contributed by atoms with Crippen LogP contribution in [0.3, 0.4) is 0 Å². The lowest BCUT2D eigenvalue weighted by Gasteiger charge is -2.27. The average Bonchev–Trinajstić information content (AvgIpc) is 2.44. The van der Waals surface area contributed by atoms with E-state index in [-0.39, 0.29) is 11.7 Å². The van der Waals surface area contributed by atoms with Crippen LogP contribution < -0.4 is 10.1 Å². The molecule has 0 aromatic heterocycles. The Balaban J connectivity index is 1.93. The fourth-order valence-electron chi connectivity index (χ4n) is 2.34. The maximum Gasteiger partial charge on any atom is 0.182 e. The molecule has 0 saturated heterocycles. The van der Waals surface area contributed by atoms with Crippen LogP contribution >= 0.6 is 0 Å². The minimum Gasteiger partial charge on any atom is -0.493 e. The van der Waals surface area contributed by atoms with Crippen LogP contribution in [0.4, 0.5) is 18.9 Å². The molecule has 104 valence electrons. The highest BCUT2D eigenvalue weighted by Gasteiger charge is 2.22. The molecule has 0 bridgehead atoms. The van der Waals surface area contributed by atoms with Gasteiger partial charge in [0.25, 0.3) is 0 Å². The summed E-state index contributed by atoms with van der Waals surface area (Å²) in [6.45, 7) is 0.466. The van der Waals surface area contributed by atoms with Crippen molar-refractivity contribution in [1.29, 1.82) is 0 Å². The van der Waals surface area contributed by atoms with Gasteiger partial charge in [0.15, 0.2) is 11.6 Å². The summed E-state index contributed by atoms with van der Waals surface area (Å²) in [6, 6.07) is 8.57. The van der Waals surface area contributed by atoms with Gasteiger partial charge in [0.05, 0.1) is 18.3 Å². The molecule has 2 aromatic rings. The van der Waals surface area contributed by atoms with Crippen LogP contribution in [0.2, 0.25) is 0 Å². The summed E-state index contributed by atoms with van der Waals surface area (Å²) in [7, 11) is 0. The van der Waals surface area contributed by atoms with E-state index >= 15 is 0 Å². The van der Waals surface area contributed by atoms with Crippen molar-refractivity contribution in [2.75, 3.05) is 11.9 Å². The van der Waals surface area contributed by atoms with Crippen molar-refractivity contribution < 1.29 is 17.9 Å². The molecule has 2 aromatic carbocycles. The van der Waals surface area contributed by atoms with E-state index in [1.807, 2.05) is 24.3 Å². The van der Waals surface area contributed by atoms with E-state index in [0.717, 1.165) is 11.6 Å². The lowest BCUT2D eigenvalue weighted by molar-refractivity contribution is 0.274. The SMILES string of the molecule is Fc1cc(F)c(F)c(NC2CCOc3ccccc32)c1.